The van der Waals surface area contributed by atoms with Gasteiger partial charge >= 0.3 is 80.1 Å². The fraction of sp³-hybridized carbons (Fsp3) is 0.556. The van der Waals surface area contributed by atoms with Crippen molar-refractivity contribution in [3.05, 3.63) is 159 Å². The van der Waals surface area contributed by atoms with Crippen LogP contribution in [-0.2, 0) is 158 Å². The summed E-state index contributed by atoms with van der Waals surface area (Å²) in [6, 6.07) is 9.08. The molecule has 7 aliphatic rings. The highest BCUT2D eigenvalue weighted by Crippen LogP contribution is 2.58. The first kappa shape index (κ1) is 99.5. The zero-order valence-corrected chi connectivity index (χ0v) is 77.0. The Bertz CT molecular complexity index is 6080. The van der Waals surface area contributed by atoms with Crippen LogP contribution in [0.15, 0.2) is 119 Å². The standard InChI is InChI=1S/C63H85N21O34P6S6/c64-43-1-8-78(57(87)71-43)50-15-29(86)37(107-50)23-100-119(94,125)114-31-17-52(80-10-3-45(66)73-59(80)89)109-39(31)25-102-121(96,127)116-33-19-54(82-12-5-47(68)75-61(82)91)111-41(33)27-104-123(98,129)118-35-21-56(84-14-7-49(70)77-63(84)93)112-42(35)28-105-124(99,130)117-34-20-55(83-13-6-48(69)76-62(83)92)110-40(34)26-103-122(97,128)115-32-18-53(81-11-4-46(67)74-60(81)90)108-38(32)24-101-120(95,126)113-30-16-51(106-36(30)22-85)79-9-2-44(65)72-58(79)88/h1-14,29-42,50-56,85-86H,15-28H2,(H,94,125)(H,95,126)(H,96,127)(H,97,128)(H,98,129)(H,99,130)(H2,64,71,87)(H2,65,72,88)(H2,66,73,89)(H2,67,74,90)(H2,68,75,91)(H2,69,76,92)(H2,70,77,93)/t29-,30-,31-,32-,33-,34-,35-,36+,37+,38+,39+,40+,41+,42+,50+,51+,52+,53+,54+,55+,56+,119?,120?,121?,122?,123?,124?/m0/s1. The third-order valence-electron chi connectivity index (χ3n) is 20.6. The number of aliphatic hydroxyl groups is 2. The molecule has 67 heteroatoms. The van der Waals surface area contributed by atoms with Gasteiger partial charge in [-0.2, -0.15) is 34.9 Å². The van der Waals surface area contributed by atoms with Gasteiger partial charge < -0.3 is 167 Å². The van der Waals surface area contributed by atoms with E-state index in [4.69, 9.17) is 198 Å². The van der Waals surface area contributed by atoms with Crippen molar-refractivity contribution in [1.29, 1.82) is 0 Å². The van der Waals surface area contributed by atoms with Gasteiger partial charge in [0.25, 0.3) is 0 Å². The highest BCUT2D eigenvalue weighted by molar-refractivity contribution is 8.08. The van der Waals surface area contributed by atoms with Gasteiger partial charge in [-0.05, 0) is 113 Å². The summed E-state index contributed by atoms with van der Waals surface area (Å²) in [5.74, 6) is -0.909. The van der Waals surface area contributed by atoms with E-state index in [9.17, 15) is 73.1 Å². The number of nitrogens with zero attached hydrogens (tertiary/aromatic N) is 14. The predicted octanol–water partition coefficient (Wildman–Crippen LogP) is -3.06. The van der Waals surface area contributed by atoms with E-state index in [1.807, 2.05) is 0 Å². The number of nitrogens with two attached hydrogens (primary N) is 7. The van der Waals surface area contributed by atoms with Crippen molar-refractivity contribution < 1.29 is 127 Å². The van der Waals surface area contributed by atoms with Crippen LogP contribution in [0.5, 0.6) is 0 Å². The maximum absolute atomic E-state index is 13.4. The van der Waals surface area contributed by atoms with E-state index in [1.165, 1.54) is 85.8 Å². The number of aromatic nitrogens is 14. The van der Waals surface area contributed by atoms with Crippen LogP contribution in [-0.4, -0.2) is 238 Å². The van der Waals surface area contributed by atoms with Crippen molar-refractivity contribution >= 4 is 152 Å². The average molecular weight is 2060 g/mol. The zero-order chi connectivity index (χ0) is 93.4. The summed E-state index contributed by atoms with van der Waals surface area (Å²) in [5, 5.41) is 21.1. The number of aliphatic hydroxyl groups excluding tert-OH is 2. The summed E-state index contributed by atoms with van der Waals surface area (Å²) < 4.78 is 121. The molecular formula is C63H85N21O34P6S6. The Balaban J connectivity index is 0.642. The Hall–Kier alpha value is -6.42. The molecule has 0 amide bonds. The minimum atomic E-state index is -4.71. The molecule has 7 aromatic heterocycles. The molecule has 7 fully saturated rings. The predicted molar refractivity (Wildman–Crippen MR) is 467 cm³/mol. The average Bonchev–Trinajstić information content (AvgIpc) is 1.66. The van der Waals surface area contributed by atoms with E-state index >= 15 is 0 Å². The lowest BCUT2D eigenvalue weighted by Gasteiger charge is -2.28. The lowest BCUT2D eigenvalue weighted by molar-refractivity contribution is -0.0586. The van der Waals surface area contributed by atoms with E-state index in [1.54, 1.807) is 0 Å². The van der Waals surface area contributed by atoms with Gasteiger partial charge in [0.15, 0.2) is 0 Å². The summed E-state index contributed by atoms with van der Waals surface area (Å²) >= 11 is 33.1. The monoisotopic (exact) mass is 2060 g/mol. The second kappa shape index (κ2) is 41.3. The van der Waals surface area contributed by atoms with Crippen LogP contribution in [0.2, 0.25) is 0 Å². The molecule has 55 nitrogen and oxygen atoms in total. The second-order valence-corrected chi connectivity index (χ2v) is 46.3. The topological polar surface area (TPSA) is 764 Å². The number of nitrogen functional groups attached to an aromatic ring is 7. The van der Waals surface area contributed by atoms with Gasteiger partial charge in [0.2, 0.25) is 0 Å². The van der Waals surface area contributed by atoms with Crippen molar-refractivity contribution in [1.82, 2.24) is 66.9 Å². The molecule has 14 heterocycles. The van der Waals surface area contributed by atoms with Crippen LogP contribution in [0.25, 0.3) is 0 Å². The quantitative estimate of drug-likeness (QED) is 0.0171. The Morgan fingerprint density at radius 3 is 0.615 bits per heavy atom. The molecule has 0 aliphatic carbocycles. The maximum Gasteiger partial charge on any atom is 0.351 e. The van der Waals surface area contributed by atoms with Gasteiger partial charge in [0.05, 0.1) is 89.0 Å². The Morgan fingerprint density at radius 1 is 0.285 bits per heavy atom. The molecule has 0 spiro atoms. The minimum absolute atomic E-state index is 0.0536. The second-order valence-electron chi connectivity index (χ2n) is 29.5. The minimum Gasteiger partial charge on any atom is -0.394 e. The number of rotatable bonds is 38. The highest BCUT2D eigenvalue weighted by atomic mass is 32.5. The maximum atomic E-state index is 13.4. The molecule has 130 heavy (non-hydrogen) atoms. The number of anilines is 7. The van der Waals surface area contributed by atoms with E-state index in [2.05, 4.69) is 34.9 Å². The van der Waals surface area contributed by atoms with E-state index in [0.29, 0.717) is 0 Å². The van der Waals surface area contributed by atoms with Gasteiger partial charge in [-0.3, -0.25) is 32.0 Å². The normalized spacial score (nSPS) is 30.9. The zero-order valence-electron chi connectivity index (χ0n) is 66.7. The first-order valence-electron chi connectivity index (χ1n) is 38.5. The molecule has 712 valence electrons. The molecule has 0 saturated carbocycles. The van der Waals surface area contributed by atoms with Crippen LogP contribution >= 0.6 is 40.3 Å². The molecular weight excluding hydrogens is 1970 g/mol. The summed E-state index contributed by atoms with van der Waals surface area (Å²) in [6.45, 7) is -32.5. The van der Waals surface area contributed by atoms with Gasteiger partial charge in [0, 0.05) is 88.3 Å². The lowest BCUT2D eigenvalue weighted by atomic mass is 10.2. The summed E-state index contributed by atoms with van der Waals surface area (Å²) in [6.07, 6.45) is -20.6. The van der Waals surface area contributed by atoms with Crippen molar-refractivity contribution in [3.63, 3.8) is 0 Å². The largest absolute Gasteiger partial charge is 0.394 e. The fourth-order valence-electron chi connectivity index (χ4n) is 14.6. The fourth-order valence-corrected chi connectivity index (χ4v) is 23.4. The molecule has 0 bridgehead atoms. The van der Waals surface area contributed by atoms with Gasteiger partial charge in [0.1, 0.15) is 127 Å². The summed E-state index contributed by atoms with van der Waals surface area (Å²) in [7, 11) is 0. The smallest absolute Gasteiger partial charge is 0.351 e. The third-order valence-corrected chi connectivity index (χ3v) is 30.1. The molecule has 0 radical (unpaired) electrons. The van der Waals surface area contributed by atoms with Crippen LogP contribution in [0.1, 0.15) is 88.5 Å². The van der Waals surface area contributed by atoms with Crippen molar-refractivity contribution in [2.24, 2.45) is 0 Å². The van der Waals surface area contributed by atoms with E-state index in [0.717, 1.165) is 32.0 Å². The Labute approximate surface area is 760 Å². The summed E-state index contributed by atoms with van der Waals surface area (Å²) in [5.41, 5.74) is 34.3. The molecule has 0 aromatic carbocycles. The first-order valence-corrected chi connectivity index (χ1v) is 54.1. The SMILES string of the molecule is Nc1ccn([C@H]2C[C@H](OP(O)(=S)OC[C@H]3O[C@@H](n4ccc(N)nc4=O)C[C@@H]3OP(O)(=S)OC[C@H]3O[C@@H](n4ccc(N)nc4=O)C[C@@H]3OP(O)(=S)OC[C@H]3O[C@@H](n4ccc(N)nc4=O)C[C@@H]3OP(O)(=S)OC[C@H]3O[C@@H](n4ccc(N)nc4=O)C[C@@H]3OP(O)(=S)OC[C@H]3O[C@@H](n4ccc(N)nc4=O)C[C@@H]3OP(O)(=S)OC[C@H]3O[C@@H](n4ccc(N)nc4=O)C[C@@H]3O)[C@@H](CO)O2)c(=O)n1. The molecule has 7 saturated heterocycles. The van der Waals surface area contributed by atoms with Crippen molar-refractivity contribution in [3.8, 4) is 0 Å². The van der Waals surface area contributed by atoms with Crippen LogP contribution < -0.4 is 80.0 Å². The summed E-state index contributed by atoms with van der Waals surface area (Å²) in [4.78, 5) is 189. The van der Waals surface area contributed by atoms with E-state index in [-0.39, 0.29) is 85.7 Å². The molecule has 27 atom stereocenters. The highest BCUT2D eigenvalue weighted by Gasteiger charge is 2.51. The third kappa shape index (κ3) is 25.3. The van der Waals surface area contributed by atoms with Crippen molar-refractivity contribution in [2.45, 2.75) is 174 Å². The molecule has 7 aliphatic heterocycles. The number of hydrogen-bond acceptors (Lipinski definition) is 48. The molecule has 14 rings (SSSR count). The van der Waals surface area contributed by atoms with Crippen molar-refractivity contribution in [2.75, 3.05) is 86.4 Å². The number of ether oxygens (including phenoxy) is 7. The van der Waals surface area contributed by atoms with Crippen LogP contribution in [0.3, 0.4) is 0 Å². The first-order chi connectivity index (χ1) is 61.3. The van der Waals surface area contributed by atoms with Gasteiger partial charge in [-0.25, -0.2) is 33.6 Å². The van der Waals surface area contributed by atoms with E-state index < -0.39 is 255 Å². The van der Waals surface area contributed by atoms with Crippen LogP contribution in [0, 0.1) is 0 Å². The number of hydrogen-bond donors (Lipinski definition) is 15. The molecule has 6 unspecified atom stereocenters. The molecule has 7 aromatic rings. The Kier molecular flexibility index (Phi) is 31.6. The van der Waals surface area contributed by atoms with Gasteiger partial charge in [-0.1, -0.05) is 0 Å². The van der Waals surface area contributed by atoms with Gasteiger partial charge in [-0.15, -0.1) is 0 Å². The molecule has 22 N–H and O–H groups in total. The lowest BCUT2D eigenvalue weighted by Crippen LogP contribution is -2.32. The Morgan fingerprint density at radius 2 is 0.438 bits per heavy atom. The van der Waals surface area contributed by atoms with Crippen LogP contribution in [0.4, 0.5) is 40.7 Å².